The number of hydrogen-bond donors (Lipinski definition) is 0. The van der Waals surface area contributed by atoms with Crippen LogP contribution in [0.5, 0.6) is 0 Å². The molecule has 4 heteroatoms. The summed E-state index contributed by atoms with van der Waals surface area (Å²) in [5.41, 5.74) is 0. The standard InChI is InChI=1S/C9H13F2NO/c1-6-2-3-12(5-6)8(13)7-4-9(7,10)11/h6-7H,2-5H2,1H3. The topological polar surface area (TPSA) is 20.3 Å². The summed E-state index contributed by atoms with van der Waals surface area (Å²) in [6.45, 7) is 3.36. The highest BCUT2D eigenvalue weighted by molar-refractivity contribution is 5.83. The molecule has 2 nitrogen and oxygen atoms in total. The van der Waals surface area contributed by atoms with E-state index in [2.05, 4.69) is 0 Å². The molecule has 2 atom stereocenters. The van der Waals surface area contributed by atoms with E-state index in [1.54, 1.807) is 4.90 Å². The minimum Gasteiger partial charge on any atom is -0.342 e. The quantitative estimate of drug-likeness (QED) is 0.612. The summed E-state index contributed by atoms with van der Waals surface area (Å²) >= 11 is 0. The summed E-state index contributed by atoms with van der Waals surface area (Å²) < 4.78 is 25.1. The second-order valence-electron chi connectivity index (χ2n) is 4.20. The molecule has 2 unspecified atom stereocenters. The van der Waals surface area contributed by atoms with E-state index in [-0.39, 0.29) is 12.3 Å². The normalized spacial score (nSPS) is 36.4. The van der Waals surface area contributed by atoms with Gasteiger partial charge in [-0.1, -0.05) is 6.92 Å². The highest BCUT2D eigenvalue weighted by Gasteiger charge is 2.62. The molecule has 1 saturated heterocycles. The van der Waals surface area contributed by atoms with Crippen molar-refractivity contribution in [1.82, 2.24) is 4.90 Å². The predicted octanol–water partition coefficient (Wildman–Crippen LogP) is 1.51. The van der Waals surface area contributed by atoms with Gasteiger partial charge >= 0.3 is 0 Å². The maximum Gasteiger partial charge on any atom is 0.260 e. The minimum absolute atomic E-state index is 0.239. The van der Waals surface area contributed by atoms with E-state index in [9.17, 15) is 13.6 Å². The van der Waals surface area contributed by atoms with Gasteiger partial charge in [0, 0.05) is 19.5 Å². The van der Waals surface area contributed by atoms with Gasteiger partial charge < -0.3 is 4.90 Å². The predicted molar refractivity (Wildman–Crippen MR) is 43.4 cm³/mol. The average molecular weight is 189 g/mol. The SMILES string of the molecule is CC1CCN(C(=O)C2CC2(F)F)C1. The van der Waals surface area contributed by atoms with Crippen LogP contribution in [0.1, 0.15) is 19.8 Å². The monoisotopic (exact) mass is 189 g/mol. The zero-order valence-corrected chi connectivity index (χ0v) is 7.59. The van der Waals surface area contributed by atoms with Gasteiger partial charge in [-0.3, -0.25) is 4.79 Å². The van der Waals surface area contributed by atoms with Gasteiger partial charge in [-0.05, 0) is 12.3 Å². The fourth-order valence-electron chi connectivity index (χ4n) is 1.84. The maximum atomic E-state index is 12.5. The van der Waals surface area contributed by atoms with Crippen LogP contribution < -0.4 is 0 Å². The summed E-state index contributed by atoms with van der Waals surface area (Å²) in [4.78, 5) is 13.0. The van der Waals surface area contributed by atoms with Crippen molar-refractivity contribution in [2.45, 2.75) is 25.7 Å². The van der Waals surface area contributed by atoms with Crippen molar-refractivity contribution < 1.29 is 13.6 Å². The lowest BCUT2D eigenvalue weighted by molar-refractivity contribution is -0.133. The Kier molecular flexibility index (Phi) is 1.82. The van der Waals surface area contributed by atoms with E-state index in [1.165, 1.54) is 0 Å². The molecule has 0 aromatic carbocycles. The van der Waals surface area contributed by atoms with Gasteiger partial charge in [0.2, 0.25) is 5.91 Å². The van der Waals surface area contributed by atoms with Crippen LogP contribution in [0.2, 0.25) is 0 Å². The molecule has 2 fully saturated rings. The number of likely N-dealkylation sites (tertiary alicyclic amines) is 1. The van der Waals surface area contributed by atoms with E-state index >= 15 is 0 Å². The first kappa shape index (κ1) is 8.91. The first-order chi connectivity index (χ1) is 6.00. The zero-order valence-electron chi connectivity index (χ0n) is 7.59. The van der Waals surface area contributed by atoms with E-state index in [4.69, 9.17) is 0 Å². The summed E-state index contributed by atoms with van der Waals surface area (Å²) in [6, 6.07) is 0. The van der Waals surface area contributed by atoms with Gasteiger partial charge in [-0.25, -0.2) is 8.78 Å². The van der Waals surface area contributed by atoms with Crippen molar-refractivity contribution in [3.63, 3.8) is 0 Å². The molecule has 1 heterocycles. The molecule has 74 valence electrons. The van der Waals surface area contributed by atoms with Crippen LogP contribution in [0, 0.1) is 11.8 Å². The lowest BCUT2D eigenvalue weighted by Gasteiger charge is -2.15. The molecule has 2 aliphatic rings. The van der Waals surface area contributed by atoms with Gasteiger partial charge in [0.1, 0.15) is 5.92 Å². The first-order valence-corrected chi connectivity index (χ1v) is 4.67. The van der Waals surface area contributed by atoms with Crippen molar-refractivity contribution >= 4 is 5.91 Å². The van der Waals surface area contributed by atoms with Gasteiger partial charge in [0.15, 0.2) is 0 Å². The zero-order chi connectivity index (χ0) is 9.64. The highest BCUT2D eigenvalue weighted by Crippen LogP contribution is 2.49. The lowest BCUT2D eigenvalue weighted by atomic mass is 10.2. The number of alkyl halides is 2. The Labute approximate surface area is 75.9 Å². The summed E-state index contributed by atoms with van der Waals surface area (Å²) in [5.74, 6) is -3.58. The minimum atomic E-state index is -2.71. The van der Waals surface area contributed by atoms with Crippen LogP contribution >= 0.6 is 0 Å². The number of halogens is 2. The molecule has 1 amide bonds. The first-order valence-electron chi connectivity index (χ1n) is 4.67. The van der Waals surface area contributed by atoms with Crippen LogP contribution in [0.4, 0.5) is 8.78 Å². The Morgan fingerprint density at radius 2 is 2.15 bits per heavy atom. The Morgan fingerprint density at radius 1 is 1.54 bits per heavy atom. The Morgan fingerprint density at radius 3 is 2.54 bits per heavy atom. The summed E-state index contributed by atoms with van der Waals surface area (Å²) in [6.07, 6.45) is 0.709. The van der Waals surface area contributed by atoms with Gasteiger partial charge in [0.05, 0.1) is 0 Å². The molecule has 0 aromatic rings. The number of hydrogen-bond acceptors (Lipinski definition) is 1. The highest BCUT2D eigenvalue weighted by atomic mass is 19.3. The molecule has 0 radical (unpaired) electrons. The lowest BCUT2D eigenvalue weighted by Crippen LogP contribution is -2.31. The molecule has 0 bridgehead atoms. The van der Waals surface area contributed by atoms with Crippen LogP contribution in [-0.2, 0) is 4.79 Å². The third-order valence-electron chi connectivity index (χ3n) is 2.86. The molecule has 2 rings (SSSR count). The van der Waals surface area contributed by atoms with Crippen molar-refractivity contribution in [2.75, 3.05) is 13.1 Å². The van der Waals surface area contributed by atoms with Crippen LogP contribution in [-0.4, -0.2) is 29.8 Å². The van der Waals surface area contributed by atoms with Crippen LogP contribution in [0.3, 0.4) is 0 Å². The molecular weight excluding hydrogens is 176 g/mol. The molecule has 13 heavy (non-hydrogen) atoms. The third kappa shape index (κ3) is 1.54. The number of rotatable bonds is 1. The molecular formula is C9H13F2NO. The molecule has 0 N–H and O–H groups in total. The van der Waals surface area contributed by atoms with Crippen LogP contribution in [0.25, 0.3) is 0 Å². The van der Waals surface area contributed by atoms with Crippen molar-refractivity contribution in [3.05, 3.63) is 0 Å². The Hall–Kier alpha value is -0.670. The van der Waals surface area contributed by atoms with Gasteiger partial charge in [-0.2, -0.15) is 0 Å². The smallest absolute Gasteiger partial charge is 0.260 e. The molecule has 1 aliphatic carbocycles. The molecule has 0 aromatic heterocycles. The molecule has 1 saturated carbocycles. The molecule has 0 spiro atoms. The van der Waals surface area contributed by atoms with Crippen molar-refractivity contribution in [3.8, 4) is 0 Å². The van der Waals surface area contributed by atoms with Crippen molar-refractivity contribution in [1.29, 1.82) is 0 Å². The van der Waals surface area contributed by atoms with E-state index in [0.29, 0.717) is 19.0 Å². The average Bonchev–Trinajstić information content (AvgIpc) is 2.47. The third-order valence-corrected chi connectivity index (χ3v) is 2.86. The van der Waals surface area contributed by atoms with Crippen molar-refractivity contribution in [2.24, 2.45) is 11.8 Å². The maximum absolute atomic E-state index is 12.5. The Bertz CT molecular complexity index is 242. The largest absolute Gasteiger partial charge is 0.342 e. The summed E-state index contributed by atoms with van der Waals surface area (Å²) in [5, 5.41) is 0. The Balaban J connectivity index is 1.92. The van der Waals surface area contributed by atoms with E-state index in [0.717, 1.165) is 6.42 Å². The van der Waals surface area contributed by atoms with Gasteiger partial charge in [0.25, 0.3) is 5.92 Å². The van der Waals surface area contributed by atoms with Crippen LogP contribution in [0.15, 0.2) is 0 Å². The fourth-order valence-corrected chi connectivity index (χ4v) is 1.84. The second kappa shape index (κ2) is 2.66. The number of carbonyl (C=O) groups excluding carboxylic acids is 1. The van der Waals surface area contributed by atoms with E-state index in [1.807, 2.05) is 6.92 Å². The number of nitrogens with zero attached hydrogens (tertiary/aromatic N) is 1. The van der Waals surface area contributed by atoms with Gasteiger partial charge in [-0.15, -0.1) is 0 Å². The summed E-state index contributed by atoms with van der Waals surface area (Å²) in [7, 11) is 0. The fraction of sp³-hybridized carbons (Fsp3) is 0.889. The van der Waals surface area contributed by atoms with E-state index < -0.39 is 11.8 Å². The molecule has 1 aliphatic heterocycles. The second-order valence-corrected chi connectivity index (χ2v) is 4.20. The number of carbonyl (C=O) groups is 1. The number of amides is 1.